The molecule has 38 heavy (non-hydrogen) atoms. The summed E-state index contributed by atoms with van der Waals surface area (Å²) in [5.74, 6) is 1.04. The maximum Gasteiger partial charge on any atom is 0.430 e. The first kappa shape index (κ1) is 26.2. The maximum atomic E-state index is 13.6. The van der Waals surface area contributed by atoms with Gasteiger partial charge in [0.15, 0.2) is 0 Å². The highest BCUT2D eigenvalue weighted by molar-refractivity contribution is 5.69. The molecule has 0 spiro atoms. The number of ether oxygens (including phenoxy) is 2. The monoisotopic (exact) mass is 537 g/mol. The van der Waals surface area contributed by atoms with Gasteiger partial charge < -0.3 is 19.9 Å². The number of alkyl halides is 6. The van der Waals surface area contributed by atoms with Crippen LogP contribution in [-0.2, 0) is 11.0 Å². The van der Waals surface area contributed by atoms with Crippen molar-refractivity contribution in [1.29, 1.82) is 0 Å². The van der Waals surface area contributed by atoms with Crippen molar-refractivity contribution in [1.82, 2.24) is 0 Å². The second-order valence-electron chi connectivity index (χ2n) is 10.2. The minimum Gasteiger partial charge on any atom is -0.497 e. The van der Waals surface area contributed by atoms with Gasteiger partial charge in [-0.1, -0.05) is 38.1 Å². The van der Waals surface area contributed by atoms with Gasteiger partial charge in [0.25, 0.3) is 5.60 Å². The summed E-state index contributed by atoms with van der Waals surface area (Å²) in [6.45, 7) is 3.72. The first-order chi connectivity index (χ1) is 17.7. The molecule has 0 saturated carbocycles. The predicted molar refractivity (Wildman–Crippen MR) is 129 cm³/mol. The standard InChI is InChI=1S/C28H25F6NO3/c1-25(2)20-13-17(26(36,27(29,30)31)28(32,33)34)7-10-22(20)35-24-19-12-16(6-11-23(19)38-14-21(24)25)15-4-8-18(37-3)9-5-15/h4-13,21,24,35-36H,14H2,1-3H3/t21-,24+/m0/s1. The van der Waals surface area contributed by atoms with Crippen molar-refractivity contribution in [3.63, 3.8) is 0 Å². The topological polar surface area (TPSA) is 50.7 Å². The zero-order valence-corrected chi connectivity index (χ0v) is 20.7. The SMILES string of the molecule is COc1ccc(-c2ccc3c(c2)[C@H]2Nc4ccc(C(O)(C(F)(F)F)C(F)(F)F)cc4C(C)(C)[C@H]2CO3)cc1. The average molecular weight is 538 g/mol. The summed E-state index contributed by atoms with van der Waals surface area (Å²) in [6, 6.07) is 15.6. The van der Waals surface area contributed by atoms with Crippen LogP contribution in [0.2, 0.25) is 0 Å². The minimum absolute atomic E-state index is 0.200. The molecule has 2 aliphatic rings. The van der Waals surface area contributed by atoms with Crippen molar-refractivity contribution < 1.29 is 40.9 Å². The van der Waals surface area contributed by atoms with E-state index in [1.165, 1.54) is 6.07 Å². The summed E-state index contributed by atoms with van der Waals surface area (Å²) in [5.41, 5.74) is -3.84. The molecule has 0 bridgehead atoms. The molecule has 3 aromatic rings. The van der Waals surface area contributed by atoms with Crippen LogP contribution in [0.5, 0.6) is 11.5 Å². The molecule has 3 aromatic carbocycles. The van der Waals surface area contributed by atoms with Gasteiger partial charge in [0.05, 0.1) is 19.8 Å². The van der Waals surface area contributed by atoms with E-state index in [1.807, 2.05) is 42.5 Å². The van der Waals surface area contributed by atoms with E-state index in [1.54, 1.807) is 21.0 Å². The predicted octanol–water partition coefficient (Wildman–Crippen LogP) is 7.13. The Morgan fingerprint density at radius 3 is 2.13 bits per heavy atom. The van der Waals surface area contributed by atoms with E-state index < -0.39 is 28.9 Å². The van der Waals surface area contributed by atoms with E-state index in [0.29, 0.717) is 23.3 Å². The number of anilines is 1. The van der Waals surface area contributed by atoms with E-state index in [2.05, 4.69) is 5.32 Å². The Morgan fingerprint density at radius 1 is 0.895 bits per heavy atom. The largest absolute Gasteiger partial charge is 0.497 e. The summed E-state index contributed by atoms with van der Waals surface area (Å²) in [7, 11) is 1.58. The van der Waals surface area contributed by atoms with Crippen molar-refractivity contribution in [2.75, 3.05) is 19.0 Å². The van der Waals surface area contributed by atoms with Crippen LogP contribution in [0, 0.1) is 5.92 Å². The number of halogens is 6. The van der Waals surface area contributed by atoms with Crippen LogP contribution >= 0.6 is 0 Å². The Morgan fingerprint density at radius 2 is 1.53 bits per heavy atom. The van der Waals surface area contributed by atoms with E-state index in [4.69, 9.17) is 9.47 Å². The highest BCUT2D eigenvalue weighted by Crippen LogP contribution is 2.55. The molecule has 4 nitrogen and oxygen atoms in total. The minimum atomic E-state index is -5.96. The molecule has 0 saturated heterocycles. The van der Waals surface area contributed by atoms with Crippen molar-refractivity contribution in [3.05, 3.63) is 77.4 Å². The number of nitrogens with one attached hydrogen (secondary N) is 1. The summed E-state index contributed by atoms with van der Waals surface area (Å²) in [4.78, 5) is 0. The summed E-state index contributed by atoms with van der Waals surface area (Å²) < 4.78 is 92.5. The van der Waals surface area contributed by atoms with Gasteiger partial charge in [-0.15, -0.1) is 0 Å². The maximum absolute atomic E-state index is 13.6. The molecule has 2 N–H and O–H groups in total. The van der Waals surface area contributed by atoms with Gasteiger partial charge in [-0.2, -0.15) is 26.3 Å². The molecule has 2 atom stereocenters. The number of benzene rings is 3. The van der Waals surface area contributed by atoms with Crippen LogP contribution in [0.15, 0.2) is 60.7 Å². The Balaban J connectivity index is 1.57. The lowest BCUT2D eigenvalue weighted by Gasteiger charge is -2.49. The molecule has 0 radical (unpaired) electrons. The molecule has 0 amide bonds. The molecule has 0 aliphatic carbocycles. The number of fused-ring (bicyclic) bond motifs is 4. The molecular weight excluding hydrogens is 512 g/mol. The molecule has 2 heterocycles. The van der Waals surface area contributed by atoms with Crippen LogP contribution in [0.25, 0.3) is 11.1 Å². The number of rotatable bonds is 3. The molecule has 2 aliphatic heterocycles. The molecule has 10 heteroatoms. The van der Waals surface area contributed by atoms with Gasteiger partial charge in [0, 0.05) is 28.1 Å². The Kier molecular flexibility index (Phi) is 5.90. The third-order valence-corrected chi connectivity index (χ3v) is 7.78. The lowest BCUT2D eigenvalue weighted by atomic mass is 9.64. The quantitative estimate of drug-likeness (QED) is 0.349. The van der Waals surface area contributed by atoms with Gasteiger partial charge in [-0.25, -0.2) is 0 Å². The summed E-state index contributed by atoms with van der Waals surface area (Å²) >= 11 is 0. The molecule has 5 rings (SSSR count). The molecular formula is C28H25F6NO3. The van der Waals surface area contributed by atoms with Crippen LogP contribution in [0.3, 0.4) is 0 Å². The fraction of sp³-hybridized carbons (Fsp3) is 0.357. The summed E-state index contributed by atoms with van der Waals surface area (Å²) in [5, 5.41) is 13.3. The highest BCUT2D eigenvalue weighted by atomic mass is 19.4. The zero-order chi connectivity index (χ0) is 27.7. The Labute approximate surface area is 215 Å². The molecule has 0 fully saturated rings. The van der Waals surface area contributed by atoms with Gasteiger partial charge in [0.1, 0.15) is 11.5 Å². The molecule has 0 unspecified atom stereocenters. The van der Waals surface area contributed by atoms with Gasteiger partial charge in [-0.05, 0) is 53.1 Å². The van der Waals surface area contributed by atoms with E-state index in [0.717, 1.165) is 22.8 Å². The third-order valence-electron chi connectivity index (χ3n) is 7.78. The van der Waals surface area contributed by atoms with Crippen LogP contribution in [-0.4, -0.2) is 31.2 Å². The first-order valence-corrected chi connectivity index (χ1v) is 11.9. The van der Waals surface area contributed by atoms with E-state index in [9.17, 15) is 31.4 Å². The second-order valence-corrected chi connectivity index (χ2v) is 10.2. The van der Waals surface area contributed by atoms with Crippen molar-refractivity contribution in [2.45, 2.75) is 43.3 Å². The van der Waals surface area contributed by atoms with E-state index >= 15 is 0 Å². The van der Waals surface area contributed by atoms with Crippen LogP contribution < -0.4 is 14.8 Å². The van der Waals surface area contributed by atoms with Gasteiger partial charge >= 0.3 is 12.4 Å². The van der Waals surface area contributed by atoms with Crippen LogP contribution in [0.4, 0.5) is 32.0 Å². The second kappa shape index (κ2) is 8.56. The Bertz CT molecular complexity index is 1350. The fourth-order valence-electron chi connectivity index (χ4n) is 5.47. The van der Waals surface area contributed by atoms with E-state index in [-0.39, 0.29) is 24.1 Å². The zero-order valence-electron chi connectivity index (χ0n) is 20.7. The van der Waals surface area contributed by atoms with Crippen molar-refractivity contribution in [2.24, 2.45) is 5.92 Å². The van der Waals surface area contributed by atoms with Crippen molar-refractivity contribution >= 4 is 5.69 Å². The highest BCUT2D eigenvalue weighted by Gasteiger charge is 2.71. The summed E-state index contributed by atoms with van der Waals surface area (Å²) in [6.07, 6.45) is -11.9. The number of hydrogen-bond acceptors (Lipinski definition) is 4. The lowest BCUT2D eigenvalue weighted by Crippen LogP contribution is -2.54. The number of hydrogen-bond donors (Lipinski definition) is 2. The normalized spacial score (nSPS) is 20.4. The smallest absolute Gasteiger partial charge is 0.430 e. The van der Waals surface area contributed by atoms with Gasteiger partial charge in [-0.3, -0.25) is 0 Å². The Hall–Kier alpha value is -3.40. The fourth-order valence-corrected chi connectivity index (χ4v) is 5.47. The first-order valence-electron chi connectivity index (χ1n) is 11.9. The average Bonchev–Trinajstić information content (AvgIpc) is 2.86. The number of methoxy groups -OCH3 is 1. The number of aliphatic hydroxyl groups is 1. The van der Waals surface area contributed by atoms with Crippen LogP contribution in [0.1, 0.15) is 36.6 Å². The van der Waals surface area contributed by atoms with Gasteiger partial charge in [0.2, 0.25) is 0 Å². The third kappa shape index (κ3) is 3.88. The molecule has 0 aromatic heterocycles. The molecule has 202 valence electrons. The lowest BCUT2D eigenvalue weighted by molar-refractivity contribution is -0.376. The van der Waals surface area contributed by atoms with Crippen molar-refractivity contribution in [3.8, 4) is 22.6 Å².